The molecule has 0 bridgehead atoms. The molecule has 0 radical (unpaired) electrons. The third kappa shape index (κ3) is 7.22. The molecule has 6 nitrogen and oxygen atoms in total. The van der Waals surface area contributed by atoms with Crippen molar-refractivity contribution < 1.29 is 37.3 Å². The number of carboxylic acid groups (broad SMARTS) is 1. The van der Waals surface area contributed by atoms with Gasteiger partial charge in [0.25, 0.3) is 0 Å². The van der Waals surface area contributed by atoms with E-state index >= 15 is 8.78 Å². The first kappa shape index (κ1) is 30.6. The van der Waals surface area contributed by atoms with Crippen molar-refractivity contribution in [3.63, 3.8) is 0 Å². The second kappa shape index (κ2) is 12.8. The van der Waals surface area contributed by atoms with E-state index in [0.717, 1.165) is 27.8 Å². The third-order valence-electron chi connectivity index (χ3n) is 7.76. The van der Waals surface area contributed by atoms with Crippen LogP contribution < -0.4 is 9.47 Å². The Kier molecular flexibility index (Phi) is 9.13. The van der Waals surface area contributed by atoms with Gasteiger partial charge in [-0.1, -0.05) is 36.4 Å². The van der Waals surface area contributed by atoms with E-state index in [9.17, 15) is 9.18 Å². The molecule has 5 rings (SSSR count). The van der Waals surface area contributed by atoms with Gasteiger partial charge in [0.05, 0.1) is 12.6 Å². The molecule has 1 N–H and O–H groups in total. The molecule has 0 saturated carbocycles. The van der Waals surface area contributed by atoms with Crippen LogP contribution >= 0.6 is 0 Å². The molecule has 0 amide bonds. The van der Waals surface area contributed by atoms with E-state index in [0.29, 0.717) is 18.6 Å². The molecular weight excluding hydrogens is 559 g/mol. The number of halogens is 3. The van der Waals surface area contributed by atoms with Crippen LogP contribution in [0.4, 0.5) is 13.2 Å². The summed E-state index contributed by atoms with van der Waals surface area (Å²) in [6.45, 7) is 4.97. The van der Waals surface area contributed by atoms with Gasteiger partial charge >= 0.3 is 5.97 Å². The van der Waals surface area contributed by atoms with Crippen molar-refractivity contribution in [3.8, 4) is 11.5 Å². The van der Waals surface area contributed by atoms with E-state index in [1.54, 1.807) is 24.3 Å². The Bertz CT molecular complexity index is 1480. The summed E-state index contributed by atoms with van der Waals surface area (Å²) in [5, 5.41) is 8.65. The molecule has 43 heavy (non-hydrogen) atoms. The smallest absolute Gasteiger partial charge is 0.329 e. The van der Waals surface area contributed by atoms with Crippen LogP contribution in [0, 0.1) is 11.6 Å². The van der Waals surface area contributed by atoms with Crippen LogP contribution in [0.2, 0.25) is 0 Å². The molecule has 0 saturated heterocycles. The molecule has 9 heteroatoms. The fraction of sp³-hybridized carbons (Fsp3) is 0.382. The fourth-order valence-electron chi connectivity index (χ4n) is 6.01. The van der Waals surface area contributed by atoms with Crippen molar-refractivity contribution in [1.29, 1.82) is 0 Å². The van der Waals surface area contributed by atoms with Crippen molar-refractivity contribution >= 4 is 11.5 Å². The summed E-state index contributed by atoms with van der Waals surface area (Å²) in [5.41, 5.74) is 3.39. The number of carboxylic acids is 1. The Morgan fingerprint density at radius 1 is 1.00 bits per heavy atom. The topological polar surface area (TPSA) is 68.2 Å². The lowest BCUT2D eigenvalue weighted by Crippen LogP contribution is -2.47. The van der Waals surface area contributed by atoms with E-state index < -0.39 is 29.3 Å². The minimum Gasteiger partial charge on any atom is -0.490 e. The van der Waals surface area contributed by atoms with Crippen LogP contribution in [-0.4, -0.2) is 54.1 Å². The second-order valence-corrected chi connectivity index (χ2v) is 11.7. The Morgan fingerprint density at radius 2 is 1.65 bits per heavy atom. The van der Waals surface area contributed by atoms with Crippen LogP contribution in [0.25, 0.3) is 5.57 Å². The third-order valence-corrected chi connectivity index (χ3v) is 7.76. The van der Waals surface area contributed by atoms with E-state index in [4.69, 9.17) is 19.3 Å². The van der Waals surface area contributed by atoms with E-state index in [1.807, 2.05) is 36.1 Å². The molecule has 3 aromatic rings. The van der Waals surface area contributed by atoms with Gasteiger partial charge in [0.1, 0.15) is 48.6 Å². The summed E-state index contributed by atoms with van der Waals surface area (Å²) in [6, 6.07) is 16.5. The SMILES string of the molecule is C[C@@H]1CC2=C(Cc3ccccc32)[C@@H](c2c(F)cc(OCCOc3ccc(COCC(=O)O)cc3)cc2F)N1CC(C)(C)F. The number of carbonyl (C=O) groups is 1. The molecule has 2 aliphatic rings. The average molecular weight is 596 g/mol. The van der Waals surface area contributed by atoms with Crippen molar-refractivity contribution in [1.82, 2.24) is 4.90 Å². The largest absolute Gasteiger partial charge is 0.490 e. The lowest BCUT2D eigenvalue weighted by molar-refractivity contribution is -0.142. The Morgan fingerprint density at radius 3 is 2.30 bits per heavy atom. The highest BCUT2D eigenvalue weighted by Gasteiger charge is 2.43. The van der Waals surface area contributed by atoms with Gasteiger partial charge in [-0.2, -0.15) is 0 Å². The lowest BCUT2D eigenvalue weighted by atomic mass is 9.84. The van der Waals surface area contributed by atoms with E-state index in [2.05, 4.69) is 0 Å². The average Bonchev–Trinajstić information content (AvgIpc) is 3.30. The maximum absolute atomic E-state index is 15.8. The van der Waals surface area contributed by atoms with Gasteiger partial charge in [-0.3, -0.25) is 4.90 Å². The number of ether oxygens (including phenoxy) is 3. The van der Waals surface area contributed by atoms with Crippen LogP contribution in [0.3, 0.4) is 0 Å². The molecule has 3 aromatic carbocycles. The van der Waals surface area contributed by atoms with Gasteiger partial charge in [-0.15, -0.1) is 0 Å². The maximum Gasteiger partial charge on any atom is 0.329 e. The zero-order valence-electron chi connectivity index (χ0n) is 24.5. The maximum atomic E-state index is 15.8. The van der Waals surface area contributed by atoms with Crippen molar-refractivity contribution in [2.45, 2.75) is 58.0 Å². The molecule has 1 aliphatic carbocycles. The number of aliphatic carboxylic acids is 1. The van der Waals surface area contributed by atoms with Gasteiger partial charge in [-0.05, 0) is 73.6 Å². The quantitative estimate of drug-likeness (QED) is 0.230. The van der Waals surface area contributed by atoms with Crippen LogP contribution in [-0.2, 0) is 22.6 Å². The zero-order chi connectivity index (χ0) is 30.7. The highest BCUT2D eigenvalue weighted by Crippen LogP contribution is 2.50. The molecule has 0 aromatic heterocycles. The van der Waals surface area contributed by atoms with E-state index in [1.165, 1.54) is 26.0 Å². The number of fused-ring (bicyclic) bond motifs is 2. The van der Waals surface area contributed by atoms with Crippen LogP contribution in [0.1, 0.15) is 55.5 Å². The number of benzene rings is 3. The minimum atomic E-state index is -1.56. The van der Waals surface area contributed by atoms with E-state index in [-0.39, 0.29) is 50.3 Å². The summed E-state index contributed by atoms with van der Waals surface area (Å²) in [6.07, 6.45) is 1.25. The minimum absolute atomic E-state index is 0.0385. The molecule has 228 valence electrons. The van der Waals surface area contributed by atoms with Gasteiger partial charge < -0.3 is 19.3 Å². The molecule has 1 aliphatic heterocycles. The van der Waals surface area contributed by atoms with Crippen molar-refractivity contribution in [3.05, 3.63) is 100 Å². The zero-order valence-corrected chi connectivity index (χ0v) is 24.5. The Labute approximate surface area is 249 Å². The van der Waals surface area contributed by atoms with Crippen LogP contribution in [0.5, 0.6) is 11.5 Å². The summed E-state index contributed by atoms with van der Waals surface area (Å²) >= 11 is 0. The highest BCUT2D eigenvalue weighted by atomic mass is 19.1. The number of hydrogen-bond donors (Lipinski definition) is 1. The monoisotopic (exact) mass is 595 g/mol. The number of nitrogens with zero attached hydrogens (tertiary/aromatic N) is 1. The predicted octanol–water partition coefficient (Wildman–Crippen LogP) is 6.92. The summed E-state index contributed by atoms with van der Waals surface area (Å²) in [5.74, 6) is -1.91. The predicted molar refractivity (Wildman–Crippen MR) is 157 cm³/mol. The molecular formula is C34H36F3NO5. The Balaban J connectivity index is 1.29. The lowest BCUT2D eigenvalue weighted by Gasteiger charge is -2.44. The summed E-state index contributed by atoms with van der Waals surface area (Å²) < 4.78 is 63.0. The highest BCUT2D eigenvalue weighted by molar-refractivity contribution is 5.79. The van der Waals surface area contributed by atoms with Gasteiger partial charge in [0, 0.05) is 30.3 Å². The van der Waals surface area contributed by atoms with Crippen molar-refractivity contribution in [2.24, 2.45) is 0 Å². The second-order valence-electron chi connectivity index (χ2n) is 11.7. The standard InChI is InChI=1S/C34H36F3NO5/c1-21-14-27-26-7-5-4-6-23(26)15-28(27)33(38(21)20-34(2,3)37)32-29(35)16-25(17-30(32)36)43-13-12-42-24-10-8-22(9-11-24)18-41-19-31(39)40/h4-11,16-17,21,33H,12-15,18-20H2,1-3H3,(H,39,40)/t21-,33+/m1/s1. The summed E-state index contributed by atoms with van der Waals surface area (Å²) in [7, 11) is 0. The molecule has 0 spiro atoms. The molecule has 0 fully saturated rings. The fourth-order valence-corrected chi connectivity index (χ4v) is 6.01. The van der Waals surface area contributed by atoms with Gasteiger partial charge in [0.15, 0.2) is 0 Å². The number of rotatable bonds is 12. The first-order valence-electron chi connectivity index (χ1n) is 14.4. The summed E-state index contributed by atoms with van der Waals surface area (Å²) in [4.78, 5) is 12.4. The van der Waals surface area contributed by atoms with Crippen LogP contribution in [0.15, 0.2) is 66.2 Å². The van der Waals surface area contributed by atoms with Gasteiger partial charge in [0.2, 0.25) is 0 Å². The van der Waals surface area contributed by atoms with Crippen molar-refractivity contribution in [2.75, 3.05) is 26.4 Å². The molecule has 2 atom stereocenters. The van der Waals surface area contributed by atoms with Gasteiger partial charge in [-0.25, -0.2) is 18.0 Å². The first-order chi connectivity index (χ1) is 20.5. The number of hydrogen-bond acceptors (Lipinski definition) is 5. The molecule has 0 unspecified atom stereocenters. The first-order valence-corrected chi connectivity index (χ1v) is 14.4. The Hall–Kier alpha value is -3.82. The normalized spacial score (nSPS) is 18.4. The number of alkyl halides is 1. The molecule has 1 heterocycles.